The second-order valence-corrected chi connectivity index (χ2v) is 7.76. The number of esters is 1. The number of rotatable bonds is 8. The van der Waals surface area contributed by atoms with E-state index in [1.165, 1.54) is 18.3 Å². The lowest BCUT2D eigenvalue weighted by Gasteiger charge is -2.21. The highest BCUT2D eigenvalue weighted by molar-refractivity contribution is 7.14. The van der Waals surface area contributed by atoms with Crippen molar-refractivity contribution in [2.45, 2.75) is 13.5 Å². The fourth-order valence-electron chi connectivity index (χ4n) is 2.84. The molecule has 30 heavy (non-hydrogen) atoms. The Balaban J connectivity index is 1.65. The number of carbonyl (C=O) groups is 3. The summed E-state index contributed by atoms with van der Waals surface area (Å²) in [5.74, 6) is -0.975. The molecule has 0 radical (unpaired) electrons. The van der Waals surface area contributed by atoms with Crippen molar-refractivity contribution in [2.24, 2.45) is 0 Å². The number of thiophene rings is 1. The van der Waals surface area contributed by atoms with Crippen molar-refractivity contribution in [3.8, 4) is 0 Å². The lowest BCUT2D eigenvalue weighted by Crippen LogP contribution is -2.18. The Bertz CT molecular complexity index is 1050. The van der Waals surface area contributed by atoms with Crippen LogP contribution >= 0.6 is 11.3 Å². The molecule has 0 aliphatic carbocycles. The van der Waals surface area contributed by atoms with Crippen molar-refractivity contribution in [1.29, 1.82) is 0 Å². The third-order valence-electron chi connectivity index (χ3n) is 4.41. The van der Waals surface area contributed by atoms with Crippen molar-refractivity contribution < 1.29 is 19.1 Å². The smallest absolute Gasteiger partial charge is 0.340 e. The van der Waals surface area contributed by atoms with E-state index < -0.39 is 5.97 Å². The van der Waals surface area contributed by atoms with Crippen molar-refractivity contribution in [1.82, 2.24) is 5.32 Å². The summed E-state index contributed by atoms with van der Waals surface area (Å²) >= 11 is 1.27. The number of Topliss-reactive ketones (excluding diaryl/α,β-unsaturated/α-hetero) is 1. The molecule has 0 saturated carbocycles. The molecule has 2 aromatic carbocycles. The number of amides is 1. The number of ether oxygens (including phenoxy) is 1. The van der Waals surface area contributed by atoms with Gasteiger partial charge in [-0.2, -0.15) is 0 Å². The maximum absolute atomic E-state index is 12.7. The lowest BCUT2D eigenvalue weighted by atomic mass is 10.1. The Morgan fingerprint density at radius 3 is 2.40 bits per heavy atom. The molecule has 1 N–H and O–H groups in total. The number of hydrogen-bond acceptors (Lipinski definition) is 6. The maximum Gasteiger partial charge on any atom is 0.340 e. The Morgan fingerprint density at radius 1 is 0.967 bits per heavy atom. The van der Waals surface area contributed by atoms with Crippen molar-refractivity contribution >= 4 is 40.4 Å². The van der Waals surface area contributed by atoms with Crippen LogP contribution in [0.5, 0.6) is 0 Å². The minimum absolute atomic E-state index is 0.135. The minimum atomic E-state index is -0.559. The molecule has 1 aromatic heterocycles. The Kier molecular flexibility index (Phi) is 6.98. The average Bonchev–Trinajstić information content (AvgIpc) is 3.25. The lowest BCUT2D eigenvalue weighted by molar-refractivity contribution is -0.119. The fraction of sp³-hybridized carbons (Fsp3) is 0.174. The Labute approximate surface area is 179 Å². The molecule has 1 amide bonds. The quantitative estimate of drug-likeness (QED) is 0.435. The van der Waals surface area contributed by atoms with Gasteiger partial charge in [-0.1, -0.05) is 30.3 Å². The van der Waals surface area contributed by atoms with E-state index >= 15 is 0 Å². The van der Waals surface area contributed by atoms with E-state index in [0.29, 0.717) is 22.7 Å². The van der Waals surface area contributed by atoms with Crippen molar-refractivity contribution in [2.75, 3.05) is 18.6 Å². The number of anilines is 2. The summed E-state index contributed by atoms with van der Waals surface area (Å²) in [7, 11) is 1.87. The van der Waals surface area contributed by atoms with Gasteiger partial charge in [-0.15, -0.1) is 11.3 Å². The molecule has 0 aliphatic rings. The largest absolute Gasteiger partial charge is 0.454 e. The standard InChI is InChI=1S/C23H22N2O4S/c1-16(26)24-14-18-12-13-22(30-18)21(27)15-29-23(28)19-10-6-7-11-20(19)25(2)17-8-4-3-5-9-17/h3-13H,14-15H2,1-2H3,(H,24,26). The van der Waals surface area contributed by atoms with E-state index in [2.05, 4.69) is 5.32 Å². The van der Waals surface area contributed by atoms with Crippen LogP contribution in [0.4, 0.5) is 11.4 Å². The van der Waals surface area contributed by atoms with Gasteiger partial charge < -0.3 is 15.0 Å². The summed E-state index contributed by atoms with van der Waals surface area (Å²) in [6.07, 6.45) is 0. The minimum Gasteiger partial charge on any atom is -0.454 e. The normalized spacial score (nSPS) is 10.3. The summed E-state index contributed by atoms with van der Waals surface area (Å²) < 4.78 is 5.30. The molecule has 3 rings (SSSR count). The molecule has 154 valence electrons. The van der Waals surface area contributed by atoms with E-state index in [-0.39, 0.29) is 18.3 Å². The highest BCUT2D eigenvalue weighted by Crippen LogP contribution is 2.27. The molecule has 1 heterocycles. The van der Waals surface area contributed by atoms with Crippen LogP contribution in [-0.2, 0) is 16.1 Å². The zero-order chi connectivity index (χ0) is 21.5. The molecular weight excluding hydrogens is 400 g/mol. The maximum atomic E-state index is 12.7. The third kappa shape index (κ3) is 5.33. The average molecular weight is 423 g/mol. The van der Waals surface area contributed by atoms with E-state index in [4.69, 9.17) is 4.74 Å². The van der Waals surface area contributed by atoms with Crippen LogP contribution < -0.4 is 10.2 Å². The van der Waals surface area contributed by atoms with Gasteiger partial charge in [0.1, 0.15) is 0 Å². The summed E-state index contributed by atoms with van der Waals surface area (Å²) in [5, 5.41) is 2.69. The molecule has 0 spiro atoms. The number of carbonyl (C=O) groups excluding carboxylic acids is 3. The predicted octanol–water partition coefficient (Wildman–Crippen LogP) is 4.19. The summed E-state index contributed by atoms with van der Waals surface area (Å²) in [4.78, 5) is 39.3. The molecule has 0 aliphatic heterocycles. The summed E-state index contributed by atoms with van der Waals surface area (Å²) in [5.41, 5.74) is 2.00. The topological polar surface area (TPSA) is 75.7 Å². The molecule has 0 atom stereocenters. The molecule has 6 nitrogen and oxygen atoms in total. The predicted molar refractivity (Wildman–Crippen MR) is 117 cm³/mol. The van der Waals surface area contributed by atoms with Gasteiger partial charge in [-0.3, -0.25) is 9.59 Å². The number of ketones is 1. The van der Waals surface area contributed by atoms with Crippen LogP contribution in [-0.4, -0.2) is 31.3 Å². The number of para-hydroxylation sites is 2. The third-order valence-corrected chi connectivity index (χ3v) is 5.54. The van der Waals surface area contributed by atoms with Gasteiger partial charge in [0.25, 0.3) is 0 Å². The van der Waals surface area contributed by atoms with Crippen LogP contribution in [0.15, 0.2) is 66.7 Å². The number of nitrogens with one attached hydrogen (secondary N) is 1. The molecule has 3 aromatic rings. The van der Waals surface area contributed by atoms with Crippen molar-refractivity contribution in [3.63, 3.8) is 0 Å². The highest BCUT2D eigenvalue weighted by atomic mass is 32.1. The van der Waals surface area contributed by atoms with Crippen LogP contribution in [0, 0.1) is 0 Å². The molecule has 0 fully saturated rings. The van der Waals surface area contributed by atoms with Crippen LogP contribution in [0.25, 0.3) is 0 Å². The van der Waals surface area contributed by atoms with Gasteiger partial charge in [-0.25, -0.2) is 4.79 Å². The van der Waals surface area contributed by atoms with Gasteiger partial charge >= 0.3 is 5.97 Å². The molecule has 0 saturated heterocycles. The van der Waals surface area contributed by atoms with E-state index in [0.717, 1.165) is 10.6 Å². The molecule has 7 heteroatoms. The van der Waals surface area contributed by atoms with Gasteiger partial charge in [0, 0.05) is 24.5 Å². The summed E-state index contributed by atoms with van der Waals surface area (Å²) in [6.45, 7) is 1.46. The molecular formula is C23H22N2O4S. The monoisotopic (exact) mass is 422 g/mol. The number of nitrogens with zero attached hydrogens (tertiary/aromatic N) is 1. The van der Waals surface area contributed by atoms with E-state index in [1.807, 2.05) is 54.4 Å². The zero-order valence-corrected chi connectivity index (χ0v) is 17.6. The van der Waals surface area contributed by atoms with Crippen LogP contribution in [0.2, 0.25) is 0 Å². The van der Waals surface area contributed by atoms with Gasteiger partial charge in [0.2, 0.25) is 11.7 Å². The second kappa shape index (κ2) is 9.84. The second-order valence-electron chi connectivity index (χ2n) is 6.59. The first kappa shape index (κ1) is 21.3. The van der Waals surface area contributed by atoms with Crippen molar-refractivity contribution in [3.05, 3.63) is 82.0 Å². The summed E-state index contributed by atoms with van der Waals surface area (Å²) in [6, 6.07) is 20.2. The van der Waals surface area contributed by atoms with Gasteiger partial charge in [-0.05, 0) is 36.4 Å². The molecule has 0 unspecified atom stereocenters. The van der Waals surface area contributed by atoms with Crippen LogP contribution in [0.3, 0.4) is 0 Å². The molecule has 0 bridgehead atoms. The number of benzene rings is 2. The fourth-order valence-corrected chi connectivity index (χ4v) is 3.72. The first-order valence-electron chi connectivity index (χ1n) is 9.37. The van der Waals surface area contributed by atoms with E-state index in [9.17, 15) is 14.4 Å². The van der Waals surface area contributed by atoms with Crippen LogP contribution in [0.1, 0.15) is 31.8 Å². The first-order valence-corrected chi connectivity index (χ1v) is 10.2. The zero-order valence-electron chi connectivity index (χ0n) is 16.8. The Hall–Kier alpha value is -3.45. The first-order chi connectivity index (χ1) is 14.5. The van der Waals surface area contributed by atoms with E-state index in [1.54, 1.807) is 24.3 Å². The highest BCUT2D eigenvalue weighted by Gasteiger charge is 2.18. The number of hydrogen-bond donors (Lipinski definition) is 1. The van der Waals surface area contributed by atoms with Gasteiger partial charge in [0.15, 0.2) is 6.61 Å². The SMILES string of the molecule is CC(=O)NCc1ccc(C(=O)COC(=O)c2ccccc2N(C)c2ccccc2)s1. The van der Waals surface area contributed by atoms with Gasteiger partial charge in [0.05, 0.1) is 22.7 Å². The Morgan fingerprint density at radius 2 is 1.67 bits per heavy atom.